The molecule has 1 saturated heterocycles. The monoisotopic (exact) mass is 465 g/mol. The number of carbonyl (C=O) groups is 2. The second-order valence-electron chi connectivity index (χ2n) is 7.67. The highest BCUT2D eigenvalue weighted by Crippen LogP contribution is 2.23. The van der Waals surface area contributed by atoms with E-state index in [1.54, 1.807) is 18.1 Å². The third kappa shape index (κ3) is 5.31. The van der Waals surface area contributed by atoms with Crippen LogP contribution in [0.1, 0.15) is 16.6 Å². The van der Waals surface area contributed by atoms with Gasteiger partial charge in [0.25, 0.3) is 5.91 Å². The predicted molar refractivity (Wildman–Crippen MR) is 129 cm³/mol. The molecule has 8 nitrogen and oxygen atoms in total. The minimum absolute atomic E-state index is 0.0270. The first-order chi connectivity index (χ1) is 16.1. The lowest BCUT2D eigenvalue weighted by molar-refractivity contribution is -0.132. The Morgan fingerprint density at radius 3 is 2.52 bits per heavy atom. The van der Waals surface area contributed by atoms with Gasteiger partial charge in [-0.3, -0.25) is 9.59 Å². The Labute approximate surface area is 197 Å². The Hall–Kier alpha value is -3.46. The van der Waals surface area contributed by atoms with Gasteiger partial charge in [0, 0.05) is 38.3 Å². The normalized spacial score (nSPS) is 13.6. The van der Waals surface area contributed by atoms with Gasteiger partial charge in [-0.1, -0.05) is 18.2 Å². The van der Waals surface area contributed by atoms with Crippen LogP contribution >= 0.6 is 11.3 Å². The van der Waals surface area contributed by atoms with E-state index in [4.69, 9.17) is 4.74 Å². The summed E-state index contributed by atoms with van der Waals surface area (Å²) in [6, 6.07) is 15.3. The maximum absolute atomic E-state index is 12.8. The number of likely N-dealkylation sites (N-methyl/N-ethyl adjacent to an activating group) is 1. The third-order valence-corrected chi connectivity index (χ3v) is 6.56. The third-order valence-electron chi connectivity index (χ3n) is 5.70. The van der Waals surface area contributed by atoms with Crippen molar-refractivity contribution in [1.29, 1.82) is 0 Å². The Bertz CT molecular complexity index is 1080. The minimum Gasteiger partial charge on any atom is -0.497 e. The van der Waals surface area contributed by atoms with Crippen LogP contribution in [0.25, 0.3) is 11.3 Å². The molecule has 3 aromatic rings. The van der Waals surface area contributed by atoms with Crippen molar-refractivity contribution in [3.05, 3.63) is 58.8 Å². The number of methoxy groups -OCH3 is 1. The average molecular weight is 466 g/mol. The molecule has 0 saturated carbocycles. The van der Waals surface area contributed by atoms with E-state index in [0.29, 0.717) is 37.6 Å². The molecule has 0 radical (unpaired) electrons. The number of benzene rings is 1. The van der Waals surface area contributed by atoms with Crippen molar-refractivity contribution in [1.82, 2.24) is 20.0 Å². The van der Waals surface area contributed by atoms with Crippen molar-refractivity contribution in [2.24, 2.45) is 0 Å². The molecular formula is C24H27N5O3S. The highest BCUT2D eigenvalue weighted by molar-refractivity contribution is 7.12. The fourth-order valence-corrected chi connectivity index (χ4v) is 4.45. The van der Waals surface area contributed by atoms with Gasteiger partial charge >= 0.3 is 0 Å². The molecule has 33 heavy (non-hydrogen) atoms. The first-order valence-electron chi connectivity index (χ1n) is 10.9. The van der Waals surface area contributed by atoms with Crippen LogP contribution in [0.4, 0.5) is 5.82 Å². The topological polar surface area (TPSA) is 78.9 Å². The zero-order chi connectivity index (χ0) is 23.2. The van der Waals surface area contributed by atoms with Crippen molar-refractivity contribution in [3.8, 4) is 17.0 Å². The van der Waals surface area contributed by atoms with Crippen LogP contribution in [-0.2, 0) is 4.79 Å². The number of rotatable bonds is 7. The molecule has 3 heterocycles. The molecule has 1 fully saturated rings. The molecule has 0 spiro atoms. The zero-order valence-electron chi connectivity index (χ0n) is 18.8. The number of nitrogens with zero attached hydrogens (tertiary/aromatic N) is 5. The van der Waals surface area contributed by atoms with Crippen LogP contribution in [0.2, 0.25) is 0 Å². The summed E-state index contributed by atoms with van der Waals surface area (Å²) in [6.07, 6.45) is 0. The van der Waals surface area contributed by atoms with Gasteiger partial charge in [-0.15, -0.1) is 21.5 Å². The first kappa shape index (κ1) is 22.7. The van der Waals surface area contributed by atoms with E-state index in [-0.39, 0.29) is 18.4 Å². The Kier molecular flexibility index (Phi) is 7.19. The van der Waals surface area contributed by atoms with E-state index in [1.807, 2.05) is 59.7 Å². The number of hydrogen-bond donors (Lipinski definition) is 0. The number of ether oxygens (including phenoxy) is 1. The van der Waals surface area contributed by atoms with Crippen molar-refractivity contribution in [2.75, 3.05) is 51.3 Å². The smallest absolute Gasteiger partial charge is 0.264 e. The van der Waals surface area contributed by atoms with Crippen LogP contribution < -0.4 is 9.64 Å². The Morgan fingerprint density at radius 1 is 1.06 bits per heavy atom. The standard InChI is InChI=1S/C24H27N5O3S/c1-3-27(24(31)21-8-5-15-33-21)17-23(30)29-13-11-28(12-14-29)22-10-9-20(25-26-22)18-6-4-7-19(16-18)32-2/h4-10,15-16H,3,11-14,17H2,1-2H3. The molecule has 172 valence electrons. The molecule has 2 aromatic heterocycles. The van der Waals surface area contributed by atoms with Gasteiger partial charge in [0.1, 0.15) is 12.3 Å². The van der Waals surface area contributed by atoms with Crippen LogP contribution in [0.3, 0.4) is 0 Å². The number of carbonyl (C=O) groups excluding carboxylic acids is 2. The summed E-state index contributed by atoms with van der Waals surface area (Å²) in [5.41, 5.74) is 1.72. The number of thiophene rings is 1. The molecule has 1 aliphatic heterocycles. The van der Waals surface area contributed by atoms with E-state index in [9.17, 15) is 9.59 Å². The van der Waals surface area contributed by atoms with E-state index >= 15 is 0 Å². The molecule has 0 unspecified atom stereocenters. The molecule has 4 rings (SSSR count). The summed E-state index contributed by atoms with van der Waals surface area (Å²) in [7, 11) is 1.64. The van der Waals surface area contributed by atoms with Gasteiger partial charge in [0.05, 0.1) is 17.7 Å². The summed E-state index contributed by atoms with van der Waals surface area (Å²) < 4.78 is 5.28. The lowest BCUT2D eigenvalue weighted by Crippen LogP contribution is -2.52. The molecule has 0 atom stereocenters. The first-order valence-corrected chi connectivity index (χ1v) is 11.8. The van der Waals surface area contributed by atoms with E-state index < -0.39 is 0 Å². The number of hydrogen-bond acceptors (Lipinski definition) is 7. The number of anilines is 1. The average Bonchev–Trinajstić information content (AvgIpc) is 3.42. The van der Waals surface area contributed by atoms with Gasteiger partial charge < -0.3 is 19.4 Å². The van der Waals surface area contributed by atoms with Crippen molar-refractivity contribution < 1.29 is 14.3 Å². The molecule has 1 aliphatic rings. The lowest BCUT2D eigenvalue weighted by Gasteiger charge is -2.36. The summed E-state index contributed by atoms with van der Waals surface area (Å²) in [6.45, 7) is 5.00. The number of amides is 2. The maximum atomic E-state index is 12.8. The summed E-state index contributed by atoms with van der Waals surface area (Å²) in [4.78, 5) is 31.6. The highest BCUT2D eigenvalue weighted by Gasteiger charge is 2.25. The van der Waals surface area contributed by atoms with Crippen LogP contribution in [0, 0.1) is 0 Å². The van der Waals surface area contributed by atoms with Crippen molar-refractivity contribution in [3.63, 3.8) is 0 Å². The Balaban J connectivity index is 1.32. The van der Waals surface area contributed by atoms with Gasteiger partial charge in [-0.05, 0) is 42.6 Å². The molecule has 0 bridgehead atoms. The summed E-state index contributed by atoms with van der Waals surface area (Å²) in [5.74, 6) is 1.45. The van der Waals surface area contributed by atoms with Gasteiger partial charge in [-0.2, -0.15) is 0 Å². The lowest BCUT2D eigenvalue weighted by atomic mass is 10.1. The number of aromatic nitrogens is 2. The second-order valence-corrected chi connectivity index (χ2v) is 8.62. The fraction of sp³-hybridized carbons (Fsp3) is 0.333. The summed E-state index contributed by atoms with van der Waals surface area (Å²) in [5, 5.41) is 10.6. The molecule has 0 aliphatic carbocycles. The van der Waals surface area contributed by atoms with Crippen LogP contribution in [0.15, 0.2) is 53.9 Å². The predicted octanol–water partition coefficient (Wildman–Crippen LogP) is 3.02. The number of piperazine rings is 1. The van der Waals surface area contributed by atoms with Crippen molar-refractivity contribution in [2.45, 2.75) is 6.92 Å². The molecule has 0 N–H and O–H groups in total. The van der Waals surface area contributed by atoms with Gasteiger partial charge in [0.2, 0.25) is 5.91 Å². The highest BCUT2D eigenvalue weighted by atomic mass is 32.1. The van der Waals surface area contributed by atoms with Gasteiger partial charge in [-0.25, -0.2) is 0 Å². The molecular weight excluding hydrogens is 438 g/mol. The molecule has 9 heteroatoms. The zero-order valence-corrected chi connectivity index (χ0v) is 19.6. The maximum Gasteiger partial charge on any atom is 0.264 e. The van der Waals surface area contributed by atoms with Crippen LogP contribution in [0.5, 0.6) is 5.75 Å². The van der Waals surface area contributed by atoms with Crippen LogP contribution in [-0.4, -0.2) is 78.2 Å². The molecule has 1 aromatic carbocycles. The van der Waals surface area contributed by atoms with E-state index in [2.05, 4.69) is 15.1 Å². The molecule has 2 amide bonds. The van der Waals surface area contributed by atoms with E-state index in [1.165, 1.54) is 11.3 Å². The largest absolute Gasteiger partial charge is 0.497 e. The second kappa shape index (κ2) is 10.4. The Morgan fingerprint density at radius 2 is 1.88 bits per heavy atom. The quantitative estimate of drug-likeness (QED) is 0.534. The van der Waals surface area contributed by atoms with E-state index in [0.717, 1.165) is 22.8 Å². The van der Waals surface area contributed by atoms with Gasteiger partial charge in [0.15, 0.2) is 5.82 Å². The van der Waals surface area contributed by atoms with Crippen molar-refractivity contribution >= 4 is 29.0 Å². The summed E-state index contributed by atoms with van der Waals surface area (Å²) >= 11 is 1.39. The fourth-order valence-electron chi connectivity index (χ4n) is 3.76. The minimum atomic E-state index is -0.0918. The SMILES string of the molecule is CCN(CC(=O)N1CCN(c2ccc(-c3cccc(OC)c3)nn2)CC1)C(=O)c1cccs1.